The van der Waals surface area contributed by atoms with Crippen LogP contribution in [0.2, 0.25) is 0 Å². The van der Waals surface area contributed by atoms with Crippen molar-refractivity contribution in [3.8, 4) is 0 Å². The highest BCUT2D eigenvalue weighted by Gasteiger charge is 2.40. The van der Waals surface area contributed by atoms with Crippen LogP contribution in [0.15, 0.2) is 0 Å². The number of rotatable bonds is 2. The van der Waals surface area contributed by atoms with Crippen LogP contribution < -0.4 is 0 Å². The van der Waals surface area contributed by atoms with Crippen molar-refractivity contribution in [1.82, 2.24) is 4.90 Å². The van der Waals surface area contributed by atoms with Gasteiger partial charge in [0.1, 0.15) is 0 Å². The van der Waals surface area contributed by atoms with E-state index in [-0.39, 0.29) is 12.6 Å². The number of nitrogens with zero attached hydrogens (tertiary/aromatic N) is 1. The summed E-state index contributed by atoms with van der Waals surface area (Å²) < 4.78 is 0. The molecule has 0 amide bonds. The second kappa shape index (κ2) is 3.27. The van der Waals surface area contributed by atoms with Crippen LogP contribution in [0.4, 0.5) is 0 Å². The summed E-state index contributed by atoms with van der Waals surface area (Å²) in [4.78, 5) is 12.6. The maximum Gasteiger partial charge on any atom is 0.317 e. The maximum absolute atomic E-state index is 10.6. The number of hydrogen-bond donors (Lipinski definition) is 2. The molecule has 0 aliphatic carbocycles. The highest BCUT2D eigenvalue weighted by Crippen LogP contribution is 2.35. The number of aliphatic hydroxyl groups is 1. The van der Waals surface area contributed by atoms with E-state index < -0.39 is 5.97 Å². The van der Waals surface area contributed by atoms with Gasteiger partial charge in [-0.15, -0.1) is 0 Å². The summed E-state index contributed by atoms with van der Waals surface area (Å²) in [5.74, 6) is -0.756. The molecule has 2 aliphatic rings. The predicted molar refractivity (Wildman–Crippen MR) is 46.4 cm³/mol. The van der Waals surface area contributed by atoms with Crippen LogP contribution in [0, 0.1) is 0 Å². The minimum absolute atomic E-state index is 0.141. The van der Waals surface area contributed by atoms with Crippen molar-refractivity contribution in [2.45, 2.75) is 43.9 Å². The smallest absolute Gasteiger partial charge is 0.317 e. The number of fused-ring (bicyclic) bond motifs is 2. The monoisotopic (exact) mass is 185 g/mol. The van der Waals surface area contributed by atoms with E-state index in [1.54, 1.807) is 0 Å². The summed E-state index contributed by atoms with van der Waals surface area (Å²) in [6.45, 7) is 0.141. The first-order chi connectivity index (χ1) is 6.16. The molecule has 4 heteroatoms. The van der Waals surface area contributed by atoms with Gasteiger partial charge in [0.15, 0.2) is 0 Å². The standard InChI is InChI=1S/C9H15NO3/c11-8-3-6-1-2-7(4-8)10(6)5-9(12)13/h6-8,11H,1-5H2,(H,12,13). The quantitative estimate of drug-likeness (QED) is 0.638. The van der Waals surface area contributed by atoms with Gasteiger partial charge >= 0.3 is 5.97 Å². The zero-order valence-corrected chi connectivity index (χ0v) is 7.52. The van der Waals surface area contributed by atoms with Crippen molar-refractivity contribution in [2.24, 2.45) is 0 Å². The summed E-state index contributed by atoms with van der Waals surface area (Å²) >= 11 is 0. The number of piperidine rings is 1. The topological polar surface area (TPSA) is 60.8 Å². The first kappa shape index (κ1) is 8.97. The molecular formula is C9H15NO3. The molecular weight excluding hydrogens is 170 g/mol. The molecule has 2 atom stereocenters. The Morgan fingerprint density at radius 1 is 1.31 bits per heavy atom. The van der Waals surface area contributed by atoms with Gasteiger partial charge in [0.2, 0.25) is 0 Å². The average Bonchev–Trinajstić information content (AvgIpc) is 2.32. The average molecular weight is 185 g/mol. The number of hydrogen-bond acceptors (Lipinski definition) is 3. The van der Waals surface area contributed by atoms with Crippen molar-refractivity contribution in [2.75, 3.05) is 6.54 Å². The molecule has 0 spiro atoms. The Hall–Kier alpha value is -0.610. The van der Waals surface area contributed by atoms with Crippen LogP contribution in [-0.2, 0) is 4.79 Å². The van der Waals surface area contributed by atoms with Gasteiger partial charge in [0.05, 0.1) is 12.6 Å². The van der Waals surface area contributed by atoms with E-state index in [1.807, 2.05) is 4.90 Å². The molecule has 74 valence electrons. The molecule has 2 bridgehead atoms. The van der Waals surface area contributed by atoms with Crippen LogP contribution >= 0.6 is 0 Å². The Balaban J connectivity index is 2.02. The van der Waals surface area contributed by atoms with E-state index in [2.05, 4.69) is 0 Å². The van der Waals surface area contributed by atoms with Gasteiger partial charge in [-0.25, -0.2) is 0 Å². The number of carboxylic acid groups (broad SMARTS) is 1. The van der Waals surface area contributed by atoms with Crippen LogP contribution in [0.1, 0.15) is 25.7 Å². The summed E-state index contributed by atoms with van der Waals surface area (Å²) in [5, 5.41) is 18.2. The van der Waals surface area contributed by atoms with E-state index in [0.29, 0.717) is 12.1 Å². The first-order valence-corrected chi connectivity index (χ1v) is 4.82. The van der Waals surface area contributed by atoms with Gasteiger partial charge in [-0.3, -0.25) is 9.69 Å². The SMILES string of the molecule is O=C(O)CN1C2CCC1CC(O)C2. The summed E-state index contributed by atoms with van der Waals surface area (Å²) in [6.07, 6.45) is 3.40. The maximum atomic E-state index is 10.6. The molecule has 2 rings (SSSR count). The minimum Gasteiger partial charge on any atom is -0.480 e. The second-order valence-electron chi connectivity index (χ2n) is 4.08. The predicted octanol–water partition coefficient (Wildman–Crippen LogP) is 0.0587. The van der Waals surface area contributed by atoms with Crippen LogP contribution in [0.3, 0.4) is 0 Å². The molecule has 2 unspecified atom stereocenters. The van der Waals surface area contributed by atoms with E-state index in [9.17, 15) is 9.90 Å². The number of carbonyl (C=O) groups is 1. The van der Waals surface area contributed by atoms with Crippen molar-refractivity contribution >= 4 is 5.97 Å². The van der Waals surface area contributed by atoms with Crippen molar-refractivity contribution < 1.29 is 15.0 Å². The molecule has 13 heavy (non-hydrogen) atoms. The first-order valence-electron chi connectivity index (χ1n) is 4.82. The van der Waals surface area contributed by atoms with Crippen molar-refractivity contribution in [1.29, 1.82) is 0 Å². The number of carboxylic acids is 1. The third-order valence-corrected chi connectivity index (χ3v) is 3.18. The third-order valence-electron chi connectivity index (χ3n) is 3.18. The Morgan fingerprint density at radius 3 is 2.31 bits per heavy atom. The fourth-order valence-corrected chi connectivity index (χ4v) is 2.66. The molecule has 4 nitrogen and oxygen atoms in total. The molecule has 0 aromatic heterocycles. The van der Waals surface area contributed by atoms with E-state index in [4.69, 9.17) is 5.11 Å². The van der Waals surface area contributed by atoms with Crippen LogP contribution in [-0.4, -0.2) is 45.8 Å². The van der Waals surface area contributed by atoms with Gasteiger partial charge in [-0.05, 0) is 25.7 Å². The minimum atomic E-state index is -0.756. The number of aliphatic carboxylic acids is 1. The lowest BCUT2D eigenvalue weighted by molar-refractivity contribution is -0.140. The van der Waals surface area contributed by atoms with Crippen LogP contribution in [0.5, 0.6) is 0 Å². The molecule has 0 saturated carbocycles. The summed E-state index contributed by atoms with van der Waals surface area (Å²) in [6, 6.07) is 0.620. The van der Waals surface area contributed by atoms with Gasteiger partial charge in [-0.1, -0.05) is 0 Å². The zero-order chi connectivity index (χ0) is 9.42. The molecule has 2 fully saturated rings. The molecule has 2 heterocycles. The highest BCUT2D eigenvalue weighted by molar-refractivity contribution is 5.69. The van der Waals surface area contributed by atoms with E-state index >= 15 is 0 Å². The van der Waals surface area contributed by atoms with Crippen LogP contribution in [0.25, 0.3) is 0 Å². The Morgan fingerprint density at radius 2 is 1.85 bits per heavy atom. The van der Waals surface area contributed by atoms with E-state index in [0.717, 1.165) is 25.7 Å². The van der Waals surface area contributed by atoms with E-state index in [1.165, 1.54) is 0 Å². The molecule has 2 N–H and O–H groups in total. The lowest BCUT2D eigenvalue weighted by Crippen LogP contribution is -2.46. The fraction of sp³-hybridized carbons (Fsp3) is 0.889. The van der Waals surface area contributed by atoms with Gasteiger partial charge in [0, 0.05) is 12.1 Å². The summed E-state index contributed by atoms with van der Waals surface area (Å²) in [5.41, 5.74) is 0. The van der Waals surface area contributed by atoms with Gasteiger partial charge in [-0.2, -0.15) is 0 Å². The lowest BCUT2D eigenvalue weighted by atomic mass is 10.00. The fourth-order valence-electron chi connectivity index (χ4n) is 2.66. The summed E-state index contributed by atoms with van der Waals surface area (Å²) in [7, 11) is 0. The molecule has 0 aromatic rings. The van der Waals surface area contributed by atoms with Crippen molar-refractivity contribution in [3.63, 3.8) is 0 Å². The molecule has 2 aliphatic heterocycles. The Bertz CT molecular complexity index is 205. The van der Waals surface area contributed by atoms with Gasteiger partial charge < -0.3 is 10.2 Å². The molecule has 2 saturated heterocycles. The largest absolute Gasteiger partial charge is 0.480 e. The van der Waals surface area contributed by atoms with Crippen molar-refractivity contribution in [3.05, 3.63) is 0 Å². The Labute approximate surface area is 77.2 Å². The molecule has 0 aromatic carbocycles. The highest BCUT2D eigenvalue weighted by atomic mass is 16.4. The Kier molecular flexibility index (Phi) is 2.26. The number of aliphatic hydroxyl groups excluding tert-OH is 1. The zero-order valence-electron chi connectivity index (χ0n) is 7.52. The third kappa shape index (κ3) is 1.69. The van der Waals surface area contributed by atoms with Gasteiger partial charge in [0.25, 0.3) is 0 Å². The lowest BCUT2D eigenvalue weighted by Gasteiger charge is -2.35. The normalized spacial score (nSPS) is 39.3. The molecule has 0 radical (unpaired) electrons. The second-order valence-corrected chi connectivity index (χ2v) is 4.08.